The van der Waals surface area contributed by atoms with Gasteiger partial charge < -0.3 is 19.9 Å². The van der Waals surface area contributed by atoms with Gasteiger partial charge in [0.1, 0.15) is 11.2 Å². The number of carbonyl (C=O) groups is 2. The number of hydrogen-bond acceptors (Lipinski definition) is 6. The minimum atomic E-state index is -1.13. The summed E-state index contributed by atoms with van der Waals surface area (Å²) in [6, 6.07) is 14.0. The Morgan fingerprint density at radius 2 is 1.79 bits per heavy atom. The van der Waals surface area contributed by atoms with E-state index >= 15 is 0 Å². The molecule has 1 aliphatic rings. The molecule has 0 spiro atoms. The summed E-state index contributed by atoms with van der Waals surface area (Å²) in [6.45, 7) is 7.08. The molecule has 2 aromatic heterocycles. The molecule has 0 bridgehead atoms. The van der Waals surface area contributed by atoms with E-state index in [2.05, 4.69) is 33.5 Å². The molecule has 8 nitrogen and oxygen atoms in total. The van der Waals surface area contributed by atoms with Crippen LogP contribution in [0.4, 0.5) is 11.4 Å². The van der Waals surface area contributed by atoms with Gasteiger partial charge in [0.05, 0.1) is 18.0 Å². The Kier molecular flexibility index (Phi) is 8.73. The summed E-state index contributed by atoms with van der Waals surface area (Å²) in [4.78, 5) is 37.7. The predicted octanol–water partition coefficient (Wildman–Crippen LogP) is 4.56. The minimum Gasteiger partial charge on any atom is -0.493 e. The van der Waals surface area contributed by atoms with Crippen LogP contribution in [-0.2, 0) is 16.0 Å². The van der Waals surface area contributed by atoms with Crippen LogP contribution >= 0.6 is 0 Å². The third kappa shape index (κ3) is 6.02. The summed E-state index contributed by atoms with van der Waals surface area (Å²) in [5, 5.41) is 3.67. The lowest BCUT2D eigenvalue weighted by Crippen LogP contribution is -2.47. The molecule has 1 unspecified atom stereocenters. The van der Waals surface area contributed by atoms with E-state index in [-0.39, 0.29) is 17.9 Å². The number of amides is 2. The zero-order chi connectivity index (χ0) is 27.1. The first-order valence-electron chi connectivity index (χ1n) is 13.2. The van der Waals surface area contributed by atoms with Crippen LogP contribution < -0.4 is 19.9 Å². The lowest BCUT2D eigenvalue weighted by atomic mass is 9.90. The summed E-state index contributed by atoms with van der Waals surface area (Å²) in [5.41, 5.74) is 2.70. The predicted molar refractivity (Wildman–Crippen MR) is 149 cm³/mol. The number of carbonyl (C=O) groups excluding carboxylic acids is 2. The maximum absolute atomic E-state index is 13.1. The van der Waals surface area contributed by atoms with Gasteiger partial charge in [0.2, 0.25) is 11.8 Å². The summed E-state index contributed by atoms with van der Waals surface area (Å²) < 4.78 is 6.06. The zero-order valence-electron chi connectivity index (χ0n) is 22.7. The van der Waals surface area contributed by atoms with Gasteiger partial charge in [-0.15, -0.1) is 0 Å². The fraction of sp³-hybridized carbons (Fsp3) is 0.400. The average molecular weight is 516 g/mol. The molecule has 3 aromatic rings. The molecular formula is C30H37N5O3. The first-order chi connectivity index (χ1) is 18.3. The van der Waals surface area contributed by atoms with Gasteiger partial charge in [-0.05, 0) is 88.0 Å². The number of anilines is 2. The Balaban J connectivity index is 1.36. The molecule has 0 saturated carbocycles. The van der Waals surface area contributed by atoms with Crippen molar-refractivity contribution in [3.05, 3.63) is 78.4 Å². The van der Waals surface area contributed by atoms with E-state index in [1.54, 1.807) is 36.9 Å². The average Bonchev–Trinajstić information content (AvgIpc) is 2.99. The van der Waals surface area contributed by atoms with Gasteiger partial charge in [-0.2, -0.15) is 0 Å². The molecule has 1 atom stereocenters. The fourth-order valence-electron chi connectivity index (χ4n) is 4.85. The maximum atomic E-state index is 13.1. The van der Waals surface area contributed by atoms with E-state index in [9.17, 15) is 9.59 Å². The van der Waals surface area contributed by atoms with Crippen LogP contribution in [0.3, 0.4) is 0 Å². The highest BCUT2D eigenvalue weighted by atomic mass is 16.5. The number of pyridine rings is 2. The monoisotopic (exact) mass is 515 g/mol. The highest BCUT2D eigenvalue weighted by Crippen LogP contribution is 2.40. The molecule has 38 heavy (non-hydrogen) atoms. The zero-order valence-corrected chi connectivity index (χ0v) is 22.7. The van der Waals surface area contributed by atoms with Gasteiger partial charge in [-0.25, -0.2) is 0 Å². The van der Waals surface area contributed by atoms with Crippen molar-refractivity contribution < 1.29 is 14.3 Å². The van der Waals surface area contributed by atoms with E-state index in [1.807, 2.05) is 49.8 Å². The van der Waals surface area contributed by atoms with Crippen LogP contribution in [0.25, 0.3) is 0 Å². The number of hydrogen-bond donors (Lipinski definition) is 1. The number of rotatable bonds is 11. The molecule has 200 valence electrons. The molecule has 0 aliphatic carbocycles. The summed E-state index contributed by atoms with van der Waals surface area (Å²) in [7, 11) is 1.72. The summed E-state index contributed by atoms with van der Waals surface area (Å²) in [5.74, 6) is 0.256. The number of benzene rings is 1. The summed E-state index contributed by atoms with van der Waals surface area (Å²) in [6.07, 6.45) is 10.1. The van der Waals surface area contributed by atoms with Gasteiger partial charge in [0, 0.05) is 50.5 Å². The largest absolute Gasteiger partial charge is 0.493 e. The Bertz CT molecular complexity index is 1230. The first kappa shape index (κ1) is 27.3. The number of fused-ring (bicyclic) bond motifs is 1. The van der Waals surface area contributed by atoms with Gasteiger partial charge in [-0.3, -0.25) is 19.6 Å². The smallest absolute Gasteiger partial charge is 0.242 e. The highest BCUT2D eigenvalue weighted by Gasteiger charge is 2.45. The standard InChI is InChI=1S/C30H37N5O3/c1-5-35-26-12-10-24(20-27(26)34(4)28(36)30(2,3)29(35)37)38-19-7-16-33-25(23-13-17-31-18-14-23)11-9-22-8-6-15-32-21-22/h6,8,10,12-15,17-18,20-21,25,33H,5,7,9,11,16,19H2,1-4H3. The van der Waals surface area contributed by atoms with E-state index < -0.39 is 5.41 Å². The second-order valence-corrected chi connectivity index (χ2v) is 10.1. The lowest BCUT2D eigenvalue weighted by molar-refractivity contribution is -0.137. The number of nitrogens with zero attached hydrogens (tertiary/aromatic N) is 4. The molecule has 1 aliphatic heterocycles. The Hall–Kier alpha value is -3.78. The number of ether oxygens (including phenoxy) is 1. The quantitative estimate of drug-likeness (QED) is 0.297. The third-order valence-corrected chi connectivity index (χ3v) is 7.07. The topological polar surface area (TPSA) is 87.7 Å². The van der Waals surface area contributed by atoms with Crippen molar-refractivity contribution >= 4 is 23.2 Å². The van der Waals surface area contributed by atoms with Crippen LogP contribution in [-0.4, -0.2) is 48.5 Å². The van der Waals surface area contributed by atoms with E-state index in [0.717, 1.165) is 31.5 Å². The molecule has 8 heteroatoms. The number of nitrogens with one attached hydrogen (secondary N) is 1. The van der Waals surface area contributed by atoms with Gasteiger partial charge >= 0.3 is 0 Å². The highest BCUT2D eigenvalue weighted by molar-refractivity contribution is 6.20. The van der Waals surface area contributed by atoms with Crippen molar-refractivity contribution in [2.75, 3.05) is 36.5 Å². The van der Waals surface area contributed by atoms with Crippen molar-refractivity contribution in [2.45, 2.75) is 46.1 Å². The second-order valence-electron chi connectivity index (χ2n) is 10.1. The van der Waals surface area contributed by atoms with Crippen LogP contribution in [0, 0.1) is 5.41 Å². The molecule has 0 radical (unpaired) electrons. The van der Waals surface area contributed by atoms with Gasteiger partial charge in [0.25, 0.3) is 0 Å². The van der Waals surface area contributed by atoms with Crippen LogP contribution in [0.15, 0.2) is 67.3 Å². The number of aromatic nitrogens is 2. The molecular weight excluding hydrogens is 478 g/mol. The molecule has 2 amide bonds. The van der Waals surface area contributed by atoms with Gasteiger partial charge in [0.15, 0.2) is 0 Å². The number of aryl methyl sites for hydroxylation is 1. The first-order valence-corrected chi connectivity index (χ1v) is 13.2. The molecule has 4 rings (SSSR count). The van der Waals surface area contributed by atoms with E-state index in [4.69, 9.17) is 4.74 Å². The molecule has 1 aromatic carbocycles. The van der Waals surface area contributed by atoms with Crippen molar-refractivity contribution in [2.24, 2.45) is 5.41 Å². The SMILES string of the molecule is CCN1C(=O)C(C)(C)C(=O)N(C)c2cc(OCCCNC(CCc3cccnc3)c3ccncc3)ccc21. The second kappa shape index (κ2) is 12.2. The van der Waals surface area contributed by atoms with E-state index in [0.29, 0.717) is 24.6 Å². The van der Waals surface area contributed by atoms with Crippen molar-refractivity contribution in [1.29, 1.82) is 0 Å². The molecule has 1 N–H and O–H groups in total. The molecule has 3 heterocycles. The Morgan fingerprint density at radius 3 is 2.50 bits per heavy atom. The maximum Gasteiger partial charge on any atom is 0.242 e. The van der Waals surface area contributed by atoms with Crippen LogP contribution in [0.1, 0.15) is 50.8 Å². The lowest BCUT2D eigenvalue weighted by Gasteiger charge is -2.27. The molecule has 0 fully saturated rings. The normalized spacial score (nSPS) is 15.7. The third-order valence-electron chi connectivity index (χ3n) is 7.07. The Labute approximate surface area is 225 Å². The minimum absolute atomic E-state index is 0.192. The van der Waals surface area contributed by atoms with Gasteiger partial charge in [-0.1, -0.05) is 6.07 Å². The van der Waals surface area contributed by atoms with Crippen molar-refractivity contribution in [3.8, 4) is 5.75 Å². The van der Waals surface area contributed by atoms with E-state index in [1.165, 1.54) is 11.1 Å². The van der Waals surface area contributed by atoms with Crippen molar-refractivity contribution in [1.82, 2.24) is 15.3 Å². The molecule has 0 saturated heterocycles. The fourth-order valence-corrected chi connectivity index (χ4v) is 4.85. The Morgan fingerprint density at radius 1 is 1.00 bits per heavy atom. The van der Waals surface area contributed by atoms with Crippen LogP contribution in [0.5, 0.6) is 5.75 Å². The van der Waals surface area contributed by atoms with Crippen molar-refractivity contribution in [3.63, 3.8) is 0 Å². The van der Waals surface area contributed by atoms with Crippen LogP contribution in [0.2, 0.25) is 0 Å². The summed E-state index contributed by atoms with van der Waals surface area (Å²) >= 11 is 0.